The van der Waals surface area contributed by atoms with Crippen molar-refractivity contribution in [3.8, 4) is 16.9 Å². The van der Waals surface area contributed by atoms with Crippen LogP contribution in [0.3, 0.4) is 0 Å². The van der Waals surface area contributed by atoms with Crippen molar-refractivity contribution >= 4 is 33.2 Å². The lowest BCUT2D eigenvalue weighted by molar-refractivity contribution is -0.384. The third-order valence-corrected chi connectivity index (χ3v) is 3.94. The van der Waals surface area contributed by atoms with Gasteiger partial charge in [-0.25, -0.2) is 4.68 Å². The number of halogens is 2. The topological polar surface area (TPSA) is 61.0 Å². The molecule has 0 aliphatic rings. The highest BCUT2D eigenvalue weighted by molar-refractivity contribution is 9.10. The first-order valence-corrected chi connectivity index (χ1v) is 7.47. The molecule has 0 aliphatic heterocycles. The van der Waals surface area contributed by atoms with E-state index in [0.29, 0.717) is 10.7 Å². The lowest BCUT2D eigenvalue weighted by Crippen LogP contribution is -1.94. The van der Waals surface area contributed by atoms with Gasteiger partial charge in [-0.15, -0.1) is 0 Å². The standard InChI is InChI=1S/C15H9BrClN3O2/c16-14-9-19(12-7-3-11(17)4-8-12)18-15(14)10-1-5-13(6-2-10)20(21)22/h1-9H. The Morgan fingerprint density at radius 2 is 1.73 bits per heavy atom. The van der Waals surface area contributed by atoms with Gasteiger partial charge in [0, 0.05) is 28.9 Å². The number of aromatic nitrogens is 2. The van der Waals surface area contributed by atoms with Crippen molar-refractivity contribution in [1.82, 2.24) is 9.78 Å². The molecule has 3 rings (SSSR count). The fourth-order valence-electron chi connectivity index (χ4n) is 2.02. The molecule has 0 unspecified atom stereocenters. The summed E-state index contributed by atoms with van der Waals surface area (Å²) >= 11 is 9.35. The Kier molecular flexibility index (Phi) is 3.96. The van der Waals surface area contributed by atoms with Crippen molar-refractivity contribution in [3.63, 3.8) is 0 Å². The number of nitro groups is 1. The van der Waals surface area contributed by atoms with Crippen LogP contribution in [0.2, 0.25) is 5.02 Å². The quantitative estimate of drug-likeness (QED) is 0.483. The number of rotatable bonds is 3. The predicted octanol–water partition coefficient (Wildman–Crippen LogP) is 4.86. The van der Waals surface area contributed by atoms with Crippen LogP contribution in [0.5, 0.6) is 0 Å². The van der Waals surface area contributed by atoms with E-state index in [1.54, 1.807) is 28.9 Å². The molecule has 0 saturated carbocycles. The minimum atomic E-state index is -0.425. The maximum atomic E-state index is 10.7. The van der Waals surface area contributed by atoms with Crippen LogP contribution >= 0.6 is 27.5 Å². The average Bonchev–Trinajstić information content (AvgIpc) is 2.90. The second kappa shape index (κ2) is 5.90. The van der Waals surface area contributed by atoms with Gasteiger partial charge in [0.05, 0.1) is 15.1 Å². The zero-order valence-electron chi connectivity index (χ0n) is 11.1. The van der Waals surface area contributed by atoms with Crippen LogP contribution in [0.1, 0.15) is 0 Å². The van der Waals surface area contributed by atoms with Crippen LogP contribution in [0, 0.1) is 10.1 Å². The number of nitrogens with zero attached hydrogens (tertiary/aromatic N) is 3. The van der Waals surface area contributed by atoms with E-state index >= 15 is 0 Å². The van der Waals surface area contributed by atoms with Gasteiger partial charge in [-0.1, -0.05) is 11.6 Å². The largest absolute Gasteiger partial charge is 0.269 e. The summed E-state index contributed by atoms with van der Waals surface area (Å²) in [5, 5.41) is 15.9. The van der Waals surface area contributed by atoms with Gasteiger partial charge in [-0.3, -0.25) is 10.1 Å². The Labute approximate surface area is 139 Å². The molecule has 1 heterocycles. The fraction of sp³-hybridized carbons (Fsp3) is 0. The highest BCUT2D eigenvalue weighted by atomic mass is 79.9. The molecule has 0 amide bonds. The molecule has 0 spiro atoms. The first-order chi connectivity index (χ1) is 10.5. The van der Waals surface area contributed by atoms with Crippen LogP contribution in [0.4, 0.5) is 5.69 Å². The average molecular weight is 379 g/mol. The van der Waals surface area contributed by atoms with E-state index in [4.69, 9.17) is 11.6 Å². The molecular formula is C15H9BrClN3O2. The molecule has 0 aliphatic carbocycles. The second-order valence-corrected chi connectivity index (χ2v) is 5.84. The van der Waals surface area contributed by atoms with E-state index < -0.39 is 4.92 Å². The van der Waals surface area contributed by atoms with Crippen molar-refractivity contribution < 1.29 is 4.92 Å². The van der Waals surface area contributed by atoms with E-state index in [2.05, 4.69) is 21.0 Å². The summed E-state index contributed by atoms with van der Waals surface area (Å²) < 4.78 is 2.52. The zero-order valence-corrected chi connectivity index (χ0v) is 13.5. The van der Waals surface area contributed by atoms with Crippen molar-refractivity contribution in [2.24, 2.45) is 0 Å². The van der Waals surface area contributed by atoms with Gasteiger partial charge >= 0.3 is 0 Å². The van der Waals surface area contributed by atoms with Gasteiger partial charge in [0.25, 0.3) is 5.69 Å². The van der Waals surface area contributed by atoms with Gasteiger partial charge in [0.2, 0.25) is 0 Å². The van der Waals surface area contributed by atoms with E-state index in [-0.39, 0.29) is 5.69 Å². The molecule has 3 aromatic rings. The Morgan fingerprint density at radius 1 is 1.09 bits per heavy atom. The summed E-state index contributed by atoms with van der Waals surface area (Å²) in [7, 11) is 0. The van der Waals surface area contributed by atoms with Crippen LogP contribution in [0.25, 0.3) is 16.9 Å². The van der Waals surface area contributed by atoms with Crippen molar-refractivity contribution in [3.05, 3.63) is 74.3 Å². The maximum absolute atomic E-state index is 10.7. The summed E-state index contributed by atoms with van der Waals surface area (Å²) in [5.74, 6) is 0. The van der Waals surface area contributed by atoms with Crippen molar-refractivity contribution in [2.45, 2.75) is 0 Å². The zero-order chi connectivity index (χ0) is 15.7. The normalized spacial score (nSPS) is 10.6. The molecule has 0 atom stereocenters. The van der Waals surface area contributed by atoms with Crippen LogP contribution in [-0.4, -0.2) is 14.7 Å². The van der Waals surface area contributed by atoms with Crippen LogP contribution in [-0.2, 0) is 0 Å². The molecule has 0 radical (unpaired) electrons. The molecule has 22 heavy (non-hydrogen) atoms. The van der Waals surface area contributed by atoms with E-state index in [1.807, 2.05) is 18.3 Å². The van der Waals surface area contributed by atoms with E-state index in [0.717, 1.165) is 15.7 Å². The highest BCUT2D eigenvalue weighted by Crippen LogP contribution is 2.29. The molecule has 110 valence electrons. The summed E-state index contributed by atoms with van der Waals surface area (Å²) in [6, 6.07) is 13.6. The summed E-state index contributed by atoms with van der Waals surface area (Å²) in [4.78, 5) is 10.3. The number of benzene rings is 2. The van der Waals surface area contributed by atoms with Crippen molar-refractivity contribution in [2.75, 3.05) is 0 Å². The SMILES string of the molecule is O=[N+]([O-])c1ccc(-c2nn(-c3ccc(Cl)cc3)cc2Br)cc1. The highest BCUT2D eigenvalue weighted by Gasteiger charge is 2.12. The number of nitro benzene ring substituents is 1. The van der Waals surface area contributed by atoms with Gasteiger partial charge in [0.1, 0.15) is 5.69 Å². The molecule has 0 N–H and O–H groups in total. The third kappa shape index (κ3) is 2.88. The third-order valence-electron chi connectivity index (χ3n) is 3.11. The van der Waals surface area contributed by atoms with Gasteiger partial charge in [-0.05, 0) is 52.3 Å². The minimum Gasteiger partial charge on any atom is -0.258 e. The predicted molar refractivity (Wildman–Crippen MR) is 88.4 cm³/mol. The first kappa shape index (κ1) is 14.7. The molecule has 0 saturated heterocycles. The molecular weight excluding hydrogens is 370 g/mol. The smallest absolute Gasteiger partial charge is 0.258 e. The van der Waals surface area contributed by atoms with E-state index in [1.165, 1.54) is 12.1 Å². The van der Waals surface area contributed by atoms with Crippen LogP contribution < -0.4 is 0 Å². The summed E-state index contributed by atoms with van der Waals surface area (Å²) in [5.41, 5.74) is 2.44. The Hall–Kier alpha value is -2.18. The summed E-state index contributed by atoms with van der Waals surface area (Å²) in [6.45, 7) is 0. The van der Waals surface area contributed by atoms with Gasteiger partial charge in [-0.2, -0.15) is 5.10 Å². The molecule has 2 aromatic carbocycles. The molecule has 1 aromatic heterocycles. The maximum Gasteiger partial charge on any atom is 0.269 e. The Bertz CT molecular complexity index is 829. The first-order valence-electron chi connectivity index (χ1n) is 6.30. The fourth-order valence-corrected chi connectivity index (χ4v) is 2.64. The number of hydrogen-bond acceptors (Lipinski definition) is 3. The lowest BCUT2D eigenvalue weighted by Gasteiger charge is -2.01. The molecule has 5 nitrogen and oxygen atoms in total. The van der Waals surface area contributed by atoms with Crippen LogP contribution in [0.15, 0.2) is 59.2 Å². The monoisotopic (exact) mass is 377 g/mol. The van der Waals surface area contributed by atoms with E-state index in [9.17, 15) is 10.1 Å². The molecule has 0 bridgehead atoms. The Morgan fingerprint density at radius 3 is 2.32 bits per heavy atom. The summed E-state index contributed by atoms with van der Waals surface area (Å²) in [6.07, 6.45) is 1.83. The second-order valence-electron chi connectivity index (χ2n) is 4.55. The minimum absolute atomic E-state index is 0.0528. The lowest BCUT2D eigenvalue weighted by atomic mass is 10.1. The molecule has 7 heteroatoms. The van der Waals surface area contributed by atoms with Gasteiger partial charge < -0.3 is 0 Å². The van der Waals surface area contributed by atoms with Gasteiger partial charge in [0.15, 0.2) is 0 Å². The number of hydrogen-bond donors (Lipinski definition) is 0. The Balaban J connectivity index is 1.98. The van der Waals surface area contributed by atoms with Crippen molar-refractivity contribution in [1.29, 1.82) is 0 Å². The number of non-ortho nitro benzene ring substituents is 1. The molecule has 0 fully saturated rings.